The standard InChI is InChI=1S/C10H7BrClN3O/c11-8-5-9(15-10(12)14-8)16-7-3-1-2-6(13)4-7/h1-5H,13H2. The zero-order valence-corrected chi connectivity index (χ0v) is 10.4. The summed E-state index contributed by atoms with van der Waals surface area (Å²) < 4.78 is 6.04. The van der Waals surface area contributed by atoms with Gasteiger partial charge in [0.15, 0.2) is 0 Å². The van der Waals surface area contributed by atoms with Gasteiger partial charge in [-0.25, -0.2) is 4.98 Å². The Labute approximate surface area is 106 Å². The molecule has 0 saturated carbocycles. The van der Waals surface area contributed by atoms with Gasteiger partial charge in [0.1, 0.15) is 10.4 Å². The van der Waals surface area contributed by atoms with Gasteiger partial charge in [-0.05, 0) is 39.7 Å². The van der Waals surface area contributed by atoms with Crippen LogP contribution in [0.25, 0.3) is 0 Å². The SMILES string of the molecule is Nc1cccc(Oc2cc(Br)nc(Cl)n2)c1. The maximum Gasteiger partial charge on any atom is 0.226 e. The Kier molecular flexibility index (Phi) is 3.26. The van der Waals surface area contributed by atoms with Crippen LogP contribution in [0, 0.1) is 0 Å². The predicted molar refractivity (Wildman–Crippen MR) is 65.7 cm³/mol. The van der Waals surface area contributed by atoms with Crippen LogP contribution < -0.4 is 10.5 Å². The maximum absolute atomic E-state index is 5.69. The lowest BCUT2D eigenvalue weighted by atomic mass is 10.3. The summed E-state index contributed by atoms with van der Waals surface area (Å²) in [5.74, 6) is 0.958. The van der Waals surface area contributed by atoms with E-state index in [0.29, 0.717) is 21.9 Å². The summed E-state index contributed by atoms with van der Waals surface area (Å²) in [5.41, 5.74) is 6.25. The van der Waals surface area contributed by atoms with Crippen molar-refractivity contribution in [3.63, 3.8) is 0 Å². The molecule has 82 valence electrons. The van der Waals surface area contributed by atoms with Gasteiger partial charge in [0.2, 0.25) is 11.2 Å². The van der Waals surface area contributed by atoms with E-state index in [0.717, 1.165) is 0 Å². The van der Waals surface area contributed by atoms with E-state index in [1.165, 1.54) is 0 Å². The molecule has 2 aromatic rings. The summed E-state index contributed by atoms with van der Waals surface area (Å²) in [7, 11) is 0. The van der Waals surface area contributed by atoms with Crippen molar-refractivity contribution in [2.24, 2.45) is 0 Å². The first kappa shape index (κ1) is 11.2. The number of aromatic nitrogens is 2. The fourth-order valence-electron chi connectivity index (χ4n) is 1.12. The Morgan fingerprint density at radius 1 is 1.25 bits per heavy atom. The number of ether oxygens (including phenoxy) is 1. The third-order valence-corrected chi connectivity index (χ3v) is 2.30. The molecule has 1 heterocycles. The van der Waals surface area contributed by atoms with E-state index in [1.54, 1.807) is 30.3 Å². The van der Waals surface area contributed by atoms with Gasteiger partial charge in [0.25, 0.3) is 0 Å². The Hall–Kier alpha value is -1.33. The molecule has 0 aliphatic rings. The number of nitrogens with zero attached hydrogens (tertiary/aromatic N) is 2. The minimum absolute atomic E-state index is 0.119. The first-order chi connectivity index (χ1) is 7.63. The number of hydrogen-bond donors (Lipinski definition) is 1. The molecule has 2 rings (SSSR count). The van der Waals surface area contributed by atoms with Crippen molar-refractivity contribution in [3.8, 4) is 11.6 Å². The molecule has 0 radical (unpaired) electrons. The molecule has 0 amide bonds. The highest BCUT2D eigenvalue weighted by Crippen LogP contribution is 2.24. The lowest BCUT2D eigenvalue weighted by Crippen LogP contribution is -1.92. The Bertz CT molecular complexity index is 501. The molecule has 0 aliphatic carbocycles. The van der Waals surface area contributed by atoms with Gasteiger partial charge in [-0.3, -0.25) is 0 Å². The van der Waals surface area contributed by atoms with Crippen molar-refractivity contribution < 1.29 is 4.74 Å². The first-order valence-electron chi connectivity index (χ1n) is 4.37. The lowest BCUT2D eigenvalue weighted by molar-refractivity contribution is 0.461. The summed E-state index contributed by atoms with van der Waals surface area (Å²) >= 11 is 8.89. The minimum Gasteiger partial charge on any atom is -0.439 e. The Balaban J connectivity index is 2.27. The summed E-state index contributed by atoms with van der Waals surface area (Å²) in [5, 5.41) is 0.119. The van der Waals surface area contributed by atoms with Gasteiger partial charge < -0.3 is 10.5 Å². The summed E-state index contributed by atoms with van der Waals surface area (Å²) in [4.78, 5) is 7.78. The number of hydrogen-bond acceptors (Lipinski definition) is 4. The molecule has 0 bridgehead atoms. The van der Waals surface area contributed by atoms with Crippen molar-refractivity contribution in [1.29, 1.82) is 0 Å². The van der Waals surface area contributed by atoms with E-state index in [4.69, 9.17) is 22.1 Å². The maximum atomic E-state index is 5.69. The van der Waals surface area contributed by atoms with Crippen LogP contribution in [0.1, 0.15) is 0 Å². The van der Waals surface area contributed by atoms with E-state index >= 15 is 0 Å². The molecule has 0 aliphatic heterocycles. The molecule has 0 spiro atoms. The number of nitrogens with two attached hydrogens (primary N) is 1. The monoisotopic (exact) mass is 299 g/mol. The molecule has 0 fully saturated rings. The lowest BCUT2D eigenvalue weighted by Gasteiger charge is -2.05. The largest absolute Gasteiger partial charge is 0.439 e. The predicted octanol–water partition coefficient (Wildman–Crippen LogP) is 3.27. The van der Waals surface area contributed by atoms with Crippen LogP contribution in [0.3, 0.4) is 0 Å². The average molecular weight is 301 g/mol. The molecular weight excluding hydrogens is 293 g/mol. The molecule has 6 heteroatoms. The highest BCUT2D eigenvalue weighted by molar-refractivity contribution is 9.10. The first-order valence-corrected chi connectivity index (χ1v) is 5.54. The van der Waals surface area contributed by atoms with Gasteiger partial charge in [-0.1, -0.05) is 6.07 Å². The Morgan fingerprint density at radius 2 is 2.06 bits per heavy atom. The Morgan fingerprint density at radius 3 is 2.75 bits per heavy atom. The van der Waals surface area contributed by atoms with Crippen molar-refractivity contribution in [1.82, 2.24) is 9.97 Å². The molecule has 4 nitrogen and oxygen atoms in total. The van der Waals surface area contributed by atoms with E-state index in [1.807, 2.05) is 0 Å². The second kappa shape index (κ2) is 4.67. The van der Waals surface area contributed by atoms with Crippen LogP contribution in [0.5, 0.6) is 11.6 Å². The normalized spacial score (nSPS) is 10.1. The molecule has 1 aromatic carbocycles. The molecule has 1 aromatic heterocycles. The van der Waals surface area contributed by atoms with E-state index in [-0.39, 0.29) is 5.28 Å². The van der Waals surface area contributed by atoms with E-state index in [9.17, 15) is 0 Å². The van der Waals surface area contributed by atoms with E-state index < -0.39 is 0 Å². The van der Waals surface area contributed by atoms with Gasteiger partial charge >= 0.3 is 0 Å². The van der Waals surface area contributed by atoms with Crippen LogP contribution in [0.2, 0.25) is 5.28 Å². The second-order valence-electron chi connectivity index (χ2n) is 2.97. The molecule has 0 atom stereocenters. The van der Waals surface area contributed by atoms with E-state index in [2.05, 4.69) is 25.9 Å². The zero-order chi connectivity index (χ0) is 11.5. The topological polar surface area (TPSA) is 61.0 Å². The number of rotatable bonds is 2. The van der Waals surface area contributed by atoms with Gasteiger partial charge in [-0.15, -0.1) is 0 Å². The van der Waals surface area contributed by atoms with Crippen LogP contribution in [0.15, 0.2) is 34.9 Å². The fourth-order valence-corrected chi connectivity index (χ4v) is 1.76. The number of halogens is 2. The van der Waals surface area contributed by atoms with Gasteiger partial charge in [-0.2, -0.15) is 4.98 Å². The molecule has 0 saturated heterocycles. The summed E-state index contributed by atoms with van der Waals surface area (Å²) in [6, 6.07) is 8.66. The zero-order valence-electron chi connectivity index (χ0n) is 8.02. The fraction of sp³-hybridized carbons (Fsp3) is 0. The summed E-state index contributed by atoms with van der Waals surface area (Å²) in [6.45, 7) is 0. The van der Waals surface area contributed by atoms with Crippen LogP contribution in [-0.4, -0.2) is 9.97 Å². The number of anilines is 1. The summed E-state index contributed by atoms with van der Waals surface area (Å²) in [6.07, 6.45) is 0. The van der Waals surface area contributed by atoms with Gasteiger partial charge in [0.05, 0.1) is 0 Å². The third-order valence-electron chi connectivity index (χ3n) is 1.72. The molecular formula is C10H7BrClN3O. The number of nitrogen functional groups attached to an aromatic ring is 1. The second-order valence-corrected chi connectivity index (χ2v) is 4.12. The van der Waals surface area contributed by atoms with Crippen molar-refractivity contribution in [3.05, 3.63) is 40.2 Å². The third kappa shape index (κ3) is 2.84. The molecule has 2 N–H and O–H groups in total. The molecule has 16 heavy (non-hydrogen) atoms. The molecule has 0 unspecified atom stereocenters. The van der Waals surface area contributed by atoms with Crippen LogP contribution >= 0.6 is 27.5 Å². The van der Waals surface area contributed by atoms with Crippen LogP contribution in [0.4, 0.5) is 5.69 Å². The average Bonchev–Trinajstić information content (AvgIpc) is 2.15. The highest BCUT2D eigenvalue weighted by Gasteiger charge is 2.03. The van der Waals surface area contributed by atoms with Crippen molar-refractivity contribution in [2.75, 3.05) is 5.73 Å². The highest BCUT2D eigenvalue weighted by atomic mass is 79.9. The van der Waals surface area contributed by atoms with Crippen molar-refractivity contribution >= 4 is 33.2 Å². The van der Waals surface area contributed by atoms with Gasteiger partial charge in [0, 0.05) is 17.8 Å². The van der Waals surface area contributed by atoms with Crippen LogP contribution in [-0.2, 0) is 0 Å². The smallest absolute Gasteiger partial charge is 0.226 e. The minimum atomic E-state index is 0.119. The number of benzene rings is 1. The van der Waals surface area contributed by atoms with Crippen molar-refractivity contribution in [2.45, 2.75) is 0 Å². The quantitative estimate of drug-likeness (QED) is 0.525.